The van der Waals surface area contributed by atoms with Gasteiger partial charge in [-0.15, -0.1) is 0 Å². The standard InChI is InChI=1S/C21H14Cl2N2O2/c1-27-15-9-6-13(7-10-15)21(26)20-16-4-2-3-5-19(16)24-25(20)14-8-11-17(22)18(23)12-14/h2-12H,1H3. The van der Waals surface area contributed by atoms with Crippen molar-refractivity contribution in [3.8, 4) is 11.4 Å². The average molecular weight is 397 g/mol. The number of aromatic nitrogens is 2. The fourth-order valence-corrected chi connectivity index (χ4v) is 3.23. The van der Waals surface area contributed by atoms with Crippen LogP contribution in [0.15, 0.2) is 66.7 Å². The van der Waals surface area contributed by atoms with Crippen LogP contribution in [0, 0.1) is 0 Å². The maximum Gasteiger partial charge on any atom is 0.212 e. The Bertz CT molecular complexity index is 1150. The molecule has 0 aliphatic rings. The van der Waals surface area contributed by atoms with Gasteiger partial charge in [0.1, 0.15) is 11.4 Å². The number of methoxy groups -OCH3 is 1. The Balaban J connectivity index is 1.92. The van der Waals surface area contributed by atoms with Crippen molar-refractivity contribution in [2.75, 3.05) is 7.11 Å². The van der Waals surface area contributed by atoms with Crippen LogP contribution in [0.25, 0.3) is 16.6 Å². The van der Waals surface area contributed by atoms with Gasteiger partial charge in [-0.1, -0.05) is 41.4 Å². The maximum atomic E-state index is 13.3. The molecule has 0 fully saturated rings. The zero-order chi connectivity index (χ0) is 19.0. The smallest absolute Gasteiger partial charge is 0.212 e. The first-order valence-electron chi connectivity index (χ1n) is 8.20. The summed E-state index contributed by atoms with van der Waals surface area (Å²) >= 11 is 12.2. The summed E-state index contributed by atoms with van der Waals surface area (Å²) in [4.78, 5) is 13.3. The zero-order valence-corrected chi connectivity index (χ0v) is 15.8. The zero-order valence-electron chi connectivity index (χ0n) is 14.3. The molecule has 1 heterocycles. The van der Waals surface area contributed by atoms with Gasteiger partial charge in [-0.2, -0.15) is 5.10 Å². The molecule has 6 heteroatoms. The van der Waals surface area contributed by atoms with Crippen molar-refractivity contribution in [3.63, 3.8) is 0 Å². The van der Waals surface area contributed by atoms with Crippen molar-refractivity contribution in [3.05, 3.63) is 88.0 Å². The van der Waals surface area contributed by atoms with Crippen LogP contribution in [0.5, 0.6) is 5.75 Å². The molecule has 134 valence electrons. The van der Waals surface area contributed by atoms with E-state index in [9.17, 15) is 4.79 Å². The molecule has 0 bridgehead atoms. The van der Waals surface area contributed by atoms with E-state index < -0.39 is 0 Å². The molecular formula is C21H14Cl2N2O2. The highest BCUT2D eigenvalue weighted by molar-refractivity contribution is 6.42. The Hall–Kier alpha value is -2.82. The average Bonchev–Trinajstić information content (AvgIpc) is 3.09. The molecule has 4 aromatic rings. The lowest BCUT2D eigenvalue weighted by atomic mass is 10.0. The minimum atomic E-state index is -0.141. The summed E-state index contributed by atoms with van der Waals surface area (Å²) in [5, 5.41) is 6.22. The number of carbonyl (C=O) groups excluding carboxylic acids is 1. The number of ether oxygens (including phenoxy) is 1. The van der Waals surface area contributed by atoms with Crippen molar-refractivity contribution in [1.82, 2.24) is 9.78 Å². The topological polar surface area (TPSA) is 44.1 Å². The molecule has 4 rings (SSSR count). The Morgan fingerprint density at radius 3 is 2.41 bits per heavy atom. The molecule has 1 aromatic heterocycles. The number of nitrogens with zero attached hydrogens (tertiary/aromatic N) is 2. The van der Waals surface area contributed by atoms with E-state index in [-0.39, 0.29) is 5.78 Å². The number of hydrogen-bond acceptors (Lipinski definition) is 3. The number of benzene rings is 3. The van der Waals surface area contributed by atoms with Crippen LogP contribution in [0.2, 0.25) is 10.0 Å². The van der Waals surface area contributed by atoms with Crippen LogP contribution in [-0.2, 0) is 0 Å². The number of ketones is 1. The molecule has 0 radical (unpaired) electrons. The summed E-state index contributed by atoms with van der Waals surface area (Å²) in [6.45, 7) is 0. The van der Waals surface area contributed by atoms with Gasteiger partial charge in [0.15, 0.2) is 0 Å². The van der Waals surface area contributed by atoms with E-state index in [1.165, 1.54) is 0 Å². The molecular weight excluding hydrogens is 383 g/mol. The number of carbonyl (C=O) groups is 1. The lowest BCUT2D eigenvalue weighted by molar-refractivity contribution is 0.103. The van der Waals surface area contributed by atoms with Crippen molar-refractivity contribution in [2.45, 2.75) is 0 Å². The normalized spacial score (nSPS) is 10.9. The molecule has 4 nitrogen and oxygen atoms in total. The third-order valence-corrected chi connectivity index (χ3v) is 5.03. The second kappa shape index (κ2) is 7.06. The van der Waals surface area contributed by atoms with Crippen LogP contribution >= 0.6 is 23.2 Å². The van der Waals surface area contributed by atoms with Crippen molar-refractivity contribution in [1.29, 1.82) is 0 Å². The first-order chi connectivity index (χ1) is 13.1. The fourth-order valence-electron chi connectivity index (χ4n) is 2.93. The Kier molecular flexibility index (Phi) is 4.60. The van der Waals surface area contributed by atoms with Gasteiger partial charge in [-0.05, 0) is 48.5 Å². The lowest BCUT2D eigenvalue weighted by Gasteiger charge is -2.09. The molecule has 27 heavy (non-hydrogen) atoms. The first-order valence-corrected chi connectivity index (χ1v) is 8.96. The maximum absolute atomic E-state index is 13.3. The number of rotatable bonds is 4. The summed E-state index contributed by atoms with van der Waals surface area (Å²) in [7, 11) is 1.59. The minimum absolute atomic E-state index is 0.141. The third-order valence-electron chi connectivity index (χ3n) is 4.29. The van der Waals surface area contributed by atoms with E-state index in [4.69, 9.17) is 27.9 Å². The molecule has 0 saturated carbocycles. The Morgan fingerprint density at radius 1 is 0.963 bits per heavy atom. The van der Waals surface area contributed by atoms with Crippen LogP contribution in [0.4, 0.5) is 0 Å². The van der Waals surface area contributed by atoms with E-state index in [1.807, 2.05) is 24.3 Å². The Morgan fingerprint density at radius 2 is 1.70 bits per heavy atom. The molecule has 0 aliphatic carbocycles. The van der Waals surface area contributed by atoms with Gasteiger partial charge in [0, 0.05) is 10.9 Å². The molecule has 0 N–H and O–H groups in total. The molecule has 0 unspecified atom stereocenters. The molecule has 3 aromatic carbocycles. The van der Waals surface area contributed by atoms with Crippen LogP contribution in [0.3, 0.4) is 0 Å². The predicted molar refractivity (Wildman–Crippen MR) is 108 cm³/mol. The second-order valence-electron chi connectivity index (χ2n) is 5.93. The van der Waals surface area contributed by atoms with Gasteiger partial charge in [-0.25, -0.2) is 4.68 Å². The summed E-state index contributed by atoms with van der Waals surface area (Å²) in [6, 6.07) is 19.7. The number of halogens is 2. The molecule has 0 spiro atoms. The third kappa shape index (κ3) is 3.18. The molecule has 0 atom stereocenters. The van der Waals surface area contributed by atoms with E-state index in [2.05, 4.69) is 5.10 Å². The van der Waals surface area contributed by atoms with Crippen molar-refractivity contribution in [2.24, 2.45) is 0 Å². The fraction of sp³-hybridized carbons (Fsp3) is 0.0476. The van der Waals surface area contributed by atoms with Crippen molar-refractivity contribution >= 4 is 39.9 Å². The summed E-state index contributed by atoms with van der Waals surface area (Å²) in [6.07, 6.45) is 0. The number of hydrogen-bond donors (Lipinski definition) is 0. The summed E-state index contributed by atoms with van der Waals surface area (Å²) in [5.41, 5.74) is 2.40. The molecule has 0 aliphatic heterocycles. The summed E-state index contributed by atoms with van der Waals surface area (Å²) in [5.74, 6) is 0.548. The second-order valence-corrected chi connectivity index (χ2v) is 6.75. The monoisotopic (exact) mass is 396 g/mol. The predicted octanol–water partition coefficient (Wildman–Crippen LogP) is 5.57. The first kappa shape index (κ1) is 17.6. The van der Waals surface area contributed by atoms with Gasteiger partial charge in [0.2, 0.25) is 5.78 Å². The van der Waals surface area contributed by atoms with Crippen molar-refractivity contribution < 1.29 is 9.53 Å². The lowest BCUT2D eigenvalue weighted by Crippen LogP contribution is -2.10. The Labute approximate surface area is 165 Å². The van der Waals surface area contributed by atoms with Gasteiger partial charge < -0.3 is 4.74 Å². The SMILES string of the molecule is COc1ccc(C(=O)c2c3ccccc3nn2-c2ccc(Cl)c(Cl)c2)cc1. The van der Waals surface area contributed by atoms with Crippen LogP contribution in [-0.4, -0.2) is 22.7 Å². The van der Waals surface area contributed by atoms with Gasteiger partial charge >= 0.3 is 0 Å². The molecule has 0 saturated heterocycles. The van der Waals surface area contributed by atoms with Gasteiger partial charge in [0.25, 0.3) is 0 Å². The summed E-state index contributed by atoms with van der Waals surface area (Å²) < 4.78 is 6.78. The van der Waals surface area contributed by atoms with E-state index in [0.29, 0.717) is 32.7 Å². The van der Waals surface area contributed by atoms with Gasteiger partial charge in [0.05, 0.1) is 28.4 Å². The largest absolute Gasteiger partial charge is 0.497 e. The minimum Gasteiger partial charge on any atom is -0.497 e. The quantitative estimate of drug-likeness (QED) is 0.423. The van der Waals surface area contributed by atoms with Gasteiger partial charge in [-0.3, -0.25) is 4.79 Å². The van der Waals surface area contributed by atoms with Crippen LogP contribution in [0.1, 0.15) is 16.1 Å². The number of fused-ring (bicyclic) bond motifs is 1. The van der Waals surface area contributed by atoms with E-state index in [1.54, 1.807) is 54.3 Å². The highest BCUT2D eigenvalue weighted by atomic mass is 35.5. The van der Waals surface area contributed by atoms with Crippen LogP contribution < -0.4 is 4.74 Å². The highest BCUT2D eigenvalue weighted by Gasteiger charge is 2.21. The highest BCUT2D eigenvalue weighted by Crippen LogP contribution is 2.29. The molecule has 0 amide bonds. The van der Waals surface area contributed by atoms with E-state index >= 15 is 0 Å². The van der Waals surface area contributed by atoms with E-state index in [0.717, 1.165) is 10.9 Å².